The number of hydrogen-bond donors (Lipinski definition) is 3. The summed E-state index contributed by atoms with van der Waals surface area (Å²) in [5.41, 5.74) is 0.767. The maximum atomic E-state index is 13.1. The number of ether oxygens (including phenoxy) is 1. The molecule has 0 saturated carbocycles. The molecule has 184 valence electrons. The third-order valence-corrected chi connectivity index (χ3v) is 7.64. The lowest BCUT2D eigenvalue weighted by atomic mass is 9.86. The second-order valence-corrected chi connectivity index (χ2v) is 11.1. The van der Waals surface area contributed by atoms with Gasteiger partial charge < -0.3 is 15.2 Å². The van der Waals surface area contributed by atoms with Crippen molar-refractivity contribution in [2.75, 3.05) is 6.54 Å². The van der Waals surface area contributed by atoms with Crippen molar-refractivity contribution in [3.8, 4) is 5.75 Å². The first-order chi connectivity index (χ1) is 16.6. The van der Waals surface area contributed by atoms with Crippen molar-refractivity contribution in [2.45, 2.75) is 43.0 Å². The summed E-state index contributed by atoms with van der Waals surface area (Å²) in [6.07, 6.45) is -1.21. The van der Waals surface area contributed by atoms with E-state index >= 15 is 0 Å². The van der Waals surface area contributed by atoms with Crippen molar-refractivity contribution in [2.24, 2.45) is 0 Å². The van der Waals surface area contributed by atoms with Crippen LogP contribution in [0.15, 0.2) is 77.7 Å². The number of benzene rings is 3. The van der Waals surface area contributed by atoms with Gasteiger partial charge in [-0.1, -0.05) is 41.9 Å². The van der Waals surface area contributed by atoms with Crippen LogP contribution in [0, 0.1) is 0 Å². The lowest BCUT2D eigenvalue weighted by molar-refractivity contribution is -0.0603. The highest BCUT2D eigenvalue weighted by Crippen LogP contribution is 2.41. The van der Waals surface area contributed by atoms with Gasteiger partial charge >= 0.3 is 0 Å². The summed E-state index contributed by atoms with van der Waals surface area (Å²) in [6.45, 7) is 3.99. The van der Waals surface area contributed by atoms with Crippen LogP contribution in [-0.4, -0.2) is 37.6 Å². The van der Waals surface area contributed by atoms with Crippen LogP contribution < -0.4 is 14.8 Å². The van der Waals surface area contributed by atoms with Gasteiger partial charge in [0.05, 0.1) is 17.5 Å². The van der Waals surface area contributed by atoms with Gasteiger partial charge in [0.1, 0.15) is 17.5 Å². The lowest BCUT2D eigenvalue weighted by Gasteiger charge is -2.42. The van der Waals surface area contributed by atoms with Gasteiger partial charge in [0, 0.05) is 22.7 Å². The number of fused-ring (bicyclic) bond motifs is 1. The minimum atomic E-state index is -4.00. The normalized spacial score (nSPS) is 19.0. The Kier molecular flexibility index (Phi) is 7.30. The second-order valence-electron chi connectivity index (χ2n) is 8.97. The Morgan fingerprint density at radius 3 is 2.43 bits per heavy atom. The Labute approximate surface area is 210 Å². The first kappa shape index (κ1) is 25.3. The zero-order chi connectivity index (χ0) is 25.2. The molecular formula is C26H27ClN2O5S. The van der Waals surface area contributed by atoms with E-state index in [1.165, 1.54) is 24.3 Å². The number of Topliss-reactive ketones (excluding diaryl/α,β-unsaturated/α-hetero) is 1. The molecule has 0 amide bonds. The first-order valence-electron chi connectivity index (χ1n) is 11.1. The average Bonchev–Trinajstić information content (AvgIpc) is 2.82. The number of aliphatic hydroxyl groups excluding tert-OH is 1. The molecule has 0 spiro atoms. The van der Waals surface area contributed by atoms with E-state index < -0.39 is 27.8 Å². The van der Waals surface area contributed by atoms with Crippen LogP contribution in [-0.2, 0) is 16.6 Å². The number of carbonyl (C=O) groups excluding carboxylic acids is 1. The van der Waals surface area contributed by atoms with Crippen LogP contribution in [0.25, 0.3) is 0 Å². The van der Waals surface area contributed by atoms with Crippen LogP contribution in [0.1, 0.15) is 41.4 Å². The fourth-order valence-corrected chi connectivity index (χ4v) is 5.31. The van der Waals surface area contributed by atoms with Crippen molar-refractivity contribution < 1.29 is 23.1 Å². The third-order valence-electron chi connectivity index (χ3n) is 5.93. The molecule has 1 aliphatic rings. The Balaban J connectivity index is 1.58. The van der Waals surface area contributed by atoms with Crippen LogP contribution in [0.3, 0.4) is 0 Å². The summed E-state index contributed by atoms with van der Waals surface area (Å²) >= 11 is 5.89. The predicted molar refractivity (Wildman–Crippen MR) is 134 cm³/mol. The summed E-state index contributed by atoms with van der Waals surface area (Å²) in [4.78, 5) is 12.9. The van der Waals surface area contributed by atoms with Crippen LogP contribution in [0.2, 0.25) is 5.02 Å². The van der Waals surface area contributed by atoms with E-state index in [0.717, 1.165) is 5.56 Å². The zero-order valence-electron chi connectivity index (χ0n) is 19.4. The highest BCUT2D eigenvalue weighted by molar-refractivity contribution is 7.89. The molecule has 0 aromatic heterocycles. The largest absolute Gasteiger partial charge is 0.485 e. The number of nitrogens with one attached hydrogen (secondary N) is 2. The molecule has 3 aromatic rings. The molecule has 7 nitrogen and oxygen atoms in total. The molecule has 4 rings (SSSR count). The summed E-state index contributed by atoms with van der Waals surface area (Å²) < 4.78 is 34.7. The molecule has 9 heteroatoms. The van der Waals surface area contributed by atoms with Gasteiger partial charge in [0.15, 0.2) is 5.78 Å². The molecule has 0 bridgehead atoms. The quantitative estimate of drug-likeness (QED) is 0.394. The molecule has 3 aromatic carbocycles. The number of carbonyl (C=O) groups is 1. The molecule has 1 heterocycles. The summed E-state index contributed by atoms with van der Waals surface area (Å²) in [5.74, 6) is 0.236. The molecule has 0 aliphatic carbocycles. The minimum Gasteiger partial charge on any atom is -0.485 e. The Hall–Kier alpha value is -2.75. The van der Waals surface area contributed by atoms with E-state index in [0.29, 0.717) is 28.4 Å². The van der Waals surface area contributed by atoms with E-state index in [9.17, 15) is 18.3 Å². The van der Waals surface area contributed by atoms with E-state index in [2.05, 4.69) is 10.0 Å². The number of aliphatic hydroxyl groups is 1. The molecule has 0 saturated heterocycles. The van der Waals surface area contributed by atoms with Gasteiger partial charge in [0.25, 0.3) is 0 Å². The minimum absolute atomic E-state index is 0.0114. The number of halogens is 1. The Morgan fingerprint density at radius 1 is 1.06 bits per heavy atom. The van der Waals surface area contributed by atoms with Crippen LogP contribution >= 0.6 is 11.6 Å². The summed E-state index contributed by atoms with van der Waals surface area (Å²) in [6, 6.07) is 19.3. The summed E-state index contributed by atoms with van der Waals surface area (Å²) in [5, 5.41) is 14.6. The monoisotopic (exact) mass is 514 g/mol. The number of ketones is 1. The lowest BCUT2D eigenvalue weighted by Crippen LogP contribution is -2.53. The van der Waals surface area contributed by atoms with Gasteiger partial charge in [-0.25, -0.2) is 13.1 Å². The predicted octanol–water partition coefficient (Wildman–Crippen LogP) is 3.86. The number of sulfonamides is 1. The fourth-order valence-electron chi connectivity index (χ4n) is 3.97. The van der Waals surface area contributed by atoms with Crippen molar-refractivity contribution in [1.29, 1.82) is 0 Å². The van der Waals surface area contributed by atoms with Gasteiger partial charge in [-0.15, -0.1) is 0 Å². The van der Waals surface area contributed by atoms with Gasteiger partial charge in [-0.3, -0.25) is 4.79 Å². The summed E-state index contributed by atoms with van der Waals surface area (Å²) in [7, 11) is -4.00. The van der Waals surface area contributed by atoms with Crippen LogP contribution in [0.4, 0.5) is 0 Å². The molecule has 0 unspecified atom stereocenters. The van der Waals surface area contributed by atoms with Gasteiger partial charge in [0.2, 0.25) is 10.0 Å². The molecule has 3 N–H and O–H groups in total. The van der Waals surface area contributed by atoms with Crippen LogP contribution in [0.5, 0.6) is 5.75 Å². The number of rotatable bonds is 8. The highest BCUT2D eigenvalue weighted by atomic mass is 35.5. The van der Waals surface area contributed by atoms with E-state index in [-0.39, 0.29) is 17.2 Å². The van der Waals surface area contributed by atoms with Gasteiger partial charge in [-0.2, -0.15) is 0 Å². The number of hydrogen-bond acceptors (Lipinski definition) is 6. The molecule has 35 heavy (non-hydrogen) atoms. The van der Waals surface area contributed by atoms with E-state index in [4.69, 9.17) is 16.3 Å². The smallest absolute Gasteiger partial charge is 0.241 e. The molecular weight excluding hydrogens is 488 g/mol. The maximum absolute atomic E-state index is 13.1. The Morgan fingerprint density at radius 2 is 1.74 bits per heavy atom. The van der Waals surface area contributed by atoms with Gasteiger partial charge in [-0.05, 0) is 61.9 Å². The van der Waals surface area contributed by atoms with Crippen molar-refractivity contribution >= 4 is 27.4 Å². The standard InChI is InChI=1S/C26H27ClN2O5S/c1-26(2)25(31)24(29-35(32,33)20-11-9-19(27)10-12-20)21-14-18(8-13-23(21)34-26)22(30)16-28-15-17-6-4-3-5-7-17/h3-14,24-25,28-29,31H,15-16H2,1-2H3/t24-,25+/m1/s1. The topological polar surface area (TPSA) is 105 Å². The third kappa shape index (κ3) is 5.74. The van der Waals surface area contributed by atoms with E-state index in [1.54, 1.807) is 32.0 Å². The first-order valence-corrected chi connectivity index (χ1v) is 13.0. The Bertz CT molecular complexity index is 1310. The highest BCUT2D eigenvalue weighted by Gasteiger charge is 2.44. The molecule has 1 aliphatic heterocycles. The van der Waals surface area contributed by atoms with E-state index in [1.807, 2.05) is 30.3 Å². The van der Waals surface area contributed by atoms with Crippen molar-refractivity contribution in [3.05, 3.63) is 94.5 Å². The maximum Gasteiger partial charge on any atom is 0.241 e. The zero-order valence-corrected chi connectivity index (χ0v) is 20.9. The van der Waals surface area contributed by atoms with Crippen molar-refractivity contribution in [1.82, 2.24) is 10.0 Å². The second kappa shape index (κ2) is 10.1. The molecule has 0 radical (unpaired) electrons. The molecule has 2 atom stereocenters. The average molecular weight is 515 g/mol. The molecule has 0 fully saturated rings. The van der Waals surface area contributed by atoms with Crippen molar-refractivity contribution in [3.63, 3.8) is 0 Å². The SMILES string of the molecule is CC1(C)Oc2ccc(C(=O)CNCc3ccccc3)cc2[C@@H](NS(=O)(=O)c2ccc(Cl)cc2)[C@@H]1O. The fraction of sp³-hybridized carbons (Fsp3) is 0.269.